The van der Waals surface area contributed by atoms with Crippen molar-refractivity contribution in [3.8, 4) is 0 Å². The van der Waals surface area contributed by atoms with Crippen molar-refractivity contribution in [2.45, 2.75) is 25.0 Å². The summed E-state index contributed by atoms with van der Waals surface area (Å²) in [4.78, 5) is 27.1. The first-order chi connectivity index (χ1) is 14.1. The van der Waals surface area contributed by atoms with E-state index < -0.39 is 5.60 Å². The van der Waals surface area contributed by atoms with Crippen molar-refractivity contribution in [3.63, 3.8) is 0 Å². The number of aliphatic hydroxyl groups is 1. The lowest BCUT2D eigenvalue weighted by Gasteiger charge is -2.39. The normalized spacial score (nSPS) is 19.1. The maximum absolute atomic E-state index is 12.7. The van der Waals surface area contributed by atoms with Crippen LogP contribution in [-0.2, 0) is 6.54 Å². The van der Waals surface area contributed by atoms with Gasteiger partial charge >= 0.3 is 0 Å². The standard InChI is InChI=1S/C21H24N6O2/c28-20(18-4-1-3-17(11-18)13-26-10-8-23-16-26)25-14-21(29)5-2-9-27(15-21)19-12-22-6-7-24-19/h1,3-4,6-8,10-12,16,29H,2,5,9,13-15H2,(H,25,28). The van der Waals surface area contributed by atoms with E-state index in [1.54, 1.807) is 37.2 Å². The van der Waals surface area contributed by atoms with Crippen LogP contribution in [0.1, 0.15) is 28.8 Å². The van der Waals surface area contributed by atoms with Gasteiger partial charge in [-0.25, -0.2) is 9.97 Å². The van der Waals surface area contributed by atoms with Crippen molar-refractivity contribution in [1.29, 1.82) is 0 Å². The van der Waals surface area contributed by atoms with E-state index in [2.05, 4.69) is 20.3 Å². The quantitative estimate of drug-likeness (QED) is 0.660. The van der Waals surface area contributed by atoms with Crippen LogP contribution in [0.5, 0.6) is 0 Å². The molecule has 3 heterocycles. The molecule has 150 valence electrons. The van der Waals surface area contributed by atoms with Gasteiger partial charge in [-0.1, -0.05) is 12.1 Å². The number of aromatic nitrogens is 4. The number of carbonyl (C=O) groups excluding carboxylic acids is 1. The van der Waals surface area contributed by atoms with Gasteiger partial charge < -0.3 is 19.9 Å². The fourth-order valence-electron chi connectivity index (χ4n) is 3.66. The van der Waals surface area contributed by atoms with Crippen LogP contribution in [0, 0.1) is 0 Å². The van der Waals surface area contributed by atoms with Crippen molar-refractivity contribution in [3.05, 3.63) is 72.7 Å². The summed E-state index contributed by atoms with van der Waals surface area (Å²) in [7, 11) is 0. The summed E-state index contributed by atoms with van der Waals surface area (Å²) in [6.45, 7) is 2.06. The van der Waals surface area contributed by atoms with Crippen LogP contribution in [-0.4, -0.2) is 55.8 Å². The van der Waals surface area contributed by atoms with E-state index >= 15 is 0 Å². The number of carbonyl (C=O) groups is 1. The first-order valence-corrected chi connectivity index (χ1v) is 9.68. The van der Waals surface area contributed by atoms with E-state index in [1.807, 2.05) is 33.9 Å². The predicted molar refractivity (Wildman–Crippen MR) is 109 cm³/mol. The molecule has 0 radical (unpaired) electrons. The average molecular weight is 392 g/mol. The Morgan fingerprint density at radius 1 is 1.24 bits per heavy atom. The number of nitrogens with one attached hydrogen (secondary N) is 1. The maximum atomic E-state index is 12.7. The van der Waals surface area contributed by atoms with E-state index in [4.69, 9.17) is 0 Å². The van der Waals surface area contributed by atoms with Crippen molar-refractivity contribution < 1.29 is 9.90 Å². The molecule has 1 amide bonds. The molecular formula is C21H24N6O2. The molecule has 1 saturated heterocycles. The molecule has 1 atom stereocenters. The van der Waals surface area contributed by atoms with Gasteiger partial charge in [-0.05, 0) is 30.5 Å². The smallest absolute Gasteiger partial charge is 0.251 e. The number of hydrogen-bond donors (Lipinski definition) is 2. The summed E-state index contributed by atoms with van der Waals surface area (Å²) in [6, 6.07) is 7.49. The van der Waals surface area contributed by atoms with Crippen LogP contribution in [0.3, 0.4) is 0 Å². The Kier molecular flexibility index (Phi) is 5.53. The molecule has 1 fully saturated rings. The van der Waals surface area contributed by atoms with Gasteiger partial charge in [0.15, 0.2) is 0 Å². The SMILES string of the molecule is O=C(NCC1(O)CCCN(c2cnccn2)C1)c1cccc(Cn2ccnc2)c1. The summed E-state index contributed by atoms with van der Waals surface area (Å²) >= 11 is 0. The second-order valence-corrected chi connectivity index (χ2v) is 7.43. The molecule has 3 aromatic rings. The Morgan fingerprint density at radius 3 is 2.97 bits per heavy atom. The van der Waals surface area contributed by atoms with Crippen LogP contribution >= 0.6 is 0 Å². The fraction of sp³-hybridized carbons (Fsp3) is 0.333. The molecule has 0 spiro atoms. The van der Waals surface area contributed by atoms with Gasteiger partial charge in [0.1, 0.15) is 5.82 Å². The monoisotopic (exact) mass is 392 g/mol. The molecule has 1 aliphatic rings. The number of benzene rings is 1. The lowest BCUT2D eigenvalue weighted by Crippen LogP contribution is -2.54. The highest BCUT2D eigenvalue weighted by atomic mass is 16.3. The van der Waals surface area contributed by atoms with Crippen molar-refractivity contribution in [2.75, 3.05) is 24.5 Å². The van der Waals surface area contributed by atoms with E-state index in [1.165, 1.54) is 0 Å². The maximum Gasteiger partial charge on any atom is 0.251 e. The molecule has 2 aromatic heterocycles. The third-order valence-corrected chi connectivity index (χ3v) is 5.12. The Morgan fingerprint density at radius 2 is 2.17 bits per heavy atom. The van der Waals surface area contributed by atoms with Gasteiger partial charge in [-0.3, -0.25) is 9.78 Å². The third-order valence-electron chi connectivity index (χ3n) is 5.12. The van der Waals surface area contributed by atoms with Crippen LogP contribution in [0.25, 0.3) is 0 Å². The molecule has 29 heavy (non-hydrogen) atoms. The lowest BCUT2D eigenvalue weighted by molar-refractivity contribution is 0.0254. The largest absolute Gasteiger partial charge is 0.386 e. The summed E-state index contributed by atoms with van der Waals surface area (Å²) in [5.74, 6) is 0.548. The molecule has 0 saturated carbocycles. The molecular weight excluding hydrogens is 368 g/mol. The molecule has 1 aromatic carbocycles. The zero-order valence-electron chi connectivity index (χ0n) is 16.1. The molecule has 1 unspecified atom stereocenters. The van der Waals surface area contributed by atoms with E-state index in [0.29, 0.717) is 25.1 Å². The first kappa shape index (κ1) is 19.1. The average Bonchev–Trinajstić information content (AvgIpc) is 3.26. The van der Waals surface area contributed by atoms with E-state index in [0.717, 1.165) is 24.3 Å². The van der Waals surface area contributed by atoms with Gasteiger partial charge in [0.05, 0.1) is 18.1 Å². The number of rotatable bonds is 6. The minimum Gasteiger partial charge on any atom is -0.386 e. The predicted octanol–water partition coefficient (Wildman–Crippen LogP) is 1.48. The number of amides is 1. The van der Waals surface area contributed by atoms with Gasteiger partial charge in [-0.15, -0.1) is 0 Å². The summed E-state index contributed by atoms with van der Waals surface area (Å²) in [6.07, 6.45) is 11.8. The second-order valence-electron chi connectivity index (χ2n) is 7.43. The lowest BCUT2D eigenvalue weighted by atomic mass is 9.92. The van der Waals surface area contributed by atoms with E-state index in [9.17, 15) is 9.90 Å². The highest BCUT2D eigenvalue weighted by molar-refractivity contribution is 5.94. The number of hydrogen-bond acceptors (Lipinski definition) is 6. The Hall–Kier alpha value is -3.26. The molecule has 4 rings (SSSR count). The Labute approximate surface area is 169 Å². The van der Waals surface area contributed by atoms with Gasteiger partial charge in [-0.2, -0.15) is 0 Å². The highest BCUT2D eigenvalue weighted by Gasteiger charge is 2.34. The van der Waals surface area contributed by atoms with Crippen LogP contribution in [0.2, 0.25) is 0 Å². The molecule has 8 nitrogen and oxygen atoms in total. The van der Waals surface area contributed by atoms with Crippen molar-refractivity contribution in [2.24, 2.45) is 0 Å². The third kappa shape index (κ3) is 4.78. The second kappa shape index (κ2) is 8.40. The summed E-state index contributed by atoms with van der Waals surface area (Å²) in [5, 5.41) is 13.9. The molecule has 1 aliphatic heterocycles. The number of piperidine rings is 1. The van der Waals surface area contributed by atoms with E-state index in [-0.39, 0.29) is 12.5 Å². The molecule has 8 heteroatoms. The number of β-amino-alcohol motifs (C(OH)–C–C–N with tert-alkyl or cyclic N) is 1. The molecule has 0 bridgehead atoms. The fourth-order valence-corrected chi connectivity index (χ4v) is 3.66. The zero-order chi connectivity index (χ0) is 20.1. The van der Waals surface area contributed by atoms with Crippen LogP contribution in [0.15, 0.2) is 61.6 Å². The number of nitrogens with zero attached hydrogens (tertiary/aromatic N) is 5. The zero-order valence-corrected chi connectivity index (χ0v) is 16.1. The summed E-state index contributed by atoms with van der Waals surface area (Å²) < 4.78 is 1.95. The van der Waals surface area contributed by atoms with Crippen LogP contribution < -0.4 is 10.2 Å². The molecule has 2 N–H and O–H groups in total. The van der Waals surface area contributed by atoms with Gasteiger partial charge in [0.2, 0.25) is 0 Å². The minimum atomic E-state index is -1.00. The molecule has 0 aliphatic carbocycles. The first-order valence-electron chi connectivity index (χ1n) is 9.68. The minimum absolute atomic E-state index is 0.189. The van der Waals surface area contributed by atoms with Crippen molar-refractivity contribution >= 4 is 11.7 Å². The number of imidazole rings is 1. The van der Waals surface area contributed by atoms with Crippen LogP contribution in [0.4, 0.5) is 5.82 Å². The van der Waals surface area contributed by atoms with Gasteiger partial charge in [0, 0.05) is 56.5 Å². The Bertz CT molecular complexity index is 947. The van der Waals surface area contributed by atoms with Gasteiger partial charge in [0.25, 0.3) is 5.91 Å². The highest BCUT2D eigenvalue weighted by Crippen LogP contribution is 2.24. The Balaban J connectivity index is 1.37. The number of anilines is 1. The van der Waals surface area contributed by atoms with Crippen molar-refractivity contribution in [1.82, 2.24) is 24.8 Å². The topological polar surface area (TPSA) is 96.2 Å². The summed E-state index contributed by atoms with van der Waals surface area (Å²) in [5.41, 5.74) is 0.591.